The number of para-hydroxylation sites is 1. The number of fused-ring (bicyclic) bond motifs is 5. The van der Waals surface area contributed by atoms with Crippen LogP contribution in [0.5, 0.6) is 0 Å². The predicted molar refractivity (Wildman–Crippen MR) is 86.6 cm³/mol. The van der Waals surface area contributed by atoms with Gasteiger partial charge in [-0.05, 0) is 22.2 Å². The van der Waals surface area contributed by atoms with E-state index in [0.717, 1.165) is 0 Å². The van der Waals surface area contributed by atoms with Gasteiger partial charge >= 0.3 is 0 Å². The first-order chi connectivity index (χ1) is 9.84. The van der Waals surface area contributed by atoms with Crippen LogP contribution in [0.15, 0.2) is 60.7 Å². The second-order valence-electron chi connectivity index (χ2n) is 5.54. The molecule has 0 aliphatic rings. The van der Waals surface area contributed by atoms with Crippen molar-refractivity contribution in [1.29, 1.82) is 0 Å². The highest BCUT2D eigenvalue weighted by Gasteiger charge is 2.13. The van der Waals surface area contributed by atoms with Gasteiger partial charge < -0.3 is 4.57 Å². The van der Waals surface area contributed by atoms with Gasteiger partial charge in [-0.15, -0.1) is 0 Å². The molecule has 1 heterocycles. The fourth-order valence-electron chi connectivity index (χ4n) is 3.62. The lowest BCUT2D eigenvalue weighted by Gasteiger charge is -2.09. The van der Waals surface area contributed by atoms with E-state index in [4.69, 9.17) is 0 Å². The van der Waals surface area contributed by atoms with E-state index in [1.807, 2.05) is 0 Å². The number of hydrogen-bond acceptors (Lipinski definition) is 0. The van der Waals surface area contributed by atoms with Gasteiger partial charge in [-0.25, -0.2) is 0 Å². The maximum absolute atomic E-state index is 2.33. The summed E-state index contributed by atoms with van der Waals surface area (Å²) < 4.78 is 2.33. The molecule has 0 radical (unpaired) electrons. The summed E-state index contributed by atoms with van der Waals surface area (Å²) in [6, 6.07) is 22.1. The summed E-state index contributed by atoms with van der Waals surface area (Å²) in [7, 11) is 2.17. The zero-order chi connectivity index (χ0) is 13.3. The van der Waals surface area contributed by atoms with Crippen LogP contribution in [0.3, 0.4) is 0 Å². The topological polar surface area (TPSA) is 4.93 Å². The van der Waals surface area contributed by atoms with Gasteiger partial charge in [0.2, 0.25) is 0 Å². The van der Waals surface area contributed by atoms with Crippen LogP contribution in [0.1, 0.15) is 0 Å². The van der Waals surface area contributed by atoms with Gasteiger partial charge in [0.1, 0.15) is 0 Å². The van der Waals surface area contributed by atoms with E-state index < -0.39 is 0 Å². The minimum atomic E-state index is 1.30. The molecule has 0 spiro atoms. The zero-order valence-corrected chi connectivity index (χ0v) is 11.2. The monoisotopic (exact) mass is 255 g/mol. The number of aromatic nitrogens is 1. The number of nitrogens with zero attached hydrogens (tertiary/aromatic N) is 1. The molecule has 0 N–H and O–H groups in total. The smallest absolute Gasteiger partial charge is 0.0574 e. The Labute approximate surface area is 116 Å². The standard InChI is InChI=1S/C19H13N/c1-20-17-5-3-2-4-15(17)16-11-10-14-12-6-8-13(9-7-12)18(14)19(16)20/h2-11H,1H3. The van der Waals surface area contributed by atoms with Crippen molar-refractivity contribution < 1.29 is 0 Å². The van der Waals surface area contributed by atoms with E-state index in [1.165, 1.54) is 43.4 Å². The second-order valence-corrected chi connectivity index (χ2v) is 5.54. The molecule has 6 aromatic rings. The molecule has 1 heteroatoms. The molecule has 0 atom stereocenters. The van der Waals surface area contributed by atoms with E-state index in [0.29, 0.717) is 0 Å². The lowest BCUT2D eigenvalue weighted by molar-refractivity contribution is 1.02. The van der Waals surface area contributed by atoms with Crippen LogP contribution in [-0.2, 0) is 7.05 Å². The molecule has 1 aromatic heterocycles. The molecule has 20 heavy (non-hydrogen) atoms. The number of aryl methyl sites for hydroxylation is 1. The predicted octanol–water partition coefficient (Wildman–Crippen LogP) is 5.08. The quantitative estimate of drug-likeness (QED) is 0.364. The van der Waals surface area contributed by atoms with Crippen LogP contribution in [0, 0.1) is 0 Å². The lowest BCUT2D eigenvalue weighted by atomic mass is 9.97. The molecular formula is C19H13N. The van der Waals surface area contributed by atoms with Crippen molar-refractivity contribution >= 4 is 43.4 Å². The normalized spacial score (nSPS) is 12.2. The SMILES string of the molecule is Cn1c2ccccc2c2ccc3c4ccc(cc4)c3c21. The Kier molecular flexibility index (Phi) is 1.70. The zero-order valence-electron chi connectivity index (χ0n) is 11.2. The summed E-state index contributed by atoms with van der Waals surface area (Å²) in [4.78, 5) is 0. The molecule has 0 aliphatic heterocycles. The van der Waals surface area contributed by atoms with Crippen molar-refractivity contribution in [1.82, 2.24) is 4.57 Å². The van der Waals surface area contributed by atoms with Crippen molar-refractivity contribution in [3.05, 3.63) is 60.7 Å². The van der Waals surface area contributed by atoms with Crippen molar-refractivity contribution in [3.8, 4) is 0 Å². The lowest BCUT2D eigenvalue weighted by Crippen LogP contribution is -1.89. The Morgan fingerprint density at radius 1 is 0.650 bits per heavy atom. The third-order valence-electron chi connectivity index (χ3n) is 4.55. The first-order valence-electron chi connectivity index (χ1n) is 6.95. The largest absolute Gasteiger partial charge is 0.343 e. The molecule has 6 rings (SSSR count). The van der Waals surface area contributed by atoms with Gasteiger partial charge in [0.05, 0.1) is 5.52 Å². The van der Waals surface area contributed by atoms with Crippen LogP contribution >= 0.6 is 0 Å². The van der Waals surface area contributed by atoms with E-state index >= 15 is 0 Å². The van der Waals surface area contributed by atoms with Gasteiger partial charge in [-0.3, -0.25) is 0 Å². The van der Waals surface area contributed by atoms with Crippen LogP contribution < -0.4 is 0 Å². The van der Waals surface area contributed by atoms with E-state index in [9.17, 15) is 0 Å². The summed E-state index contributed by atoms with van der Waals surface area (Å²) in [5.41, 5.74) is 2.65. The molecule has 1 nitrogen and oxygen atoms in total. The van der Waals surface area contributed by atoms with Crippen molar-refractivity contribution in [2.24, 2.45) is 7.05 Å². The highest BCUT2D eigenvalue weighted by atomic mass is 14.9. The summed E-state index contributed by atoms with van der Waals surface area (Å²) in [5.74, 6) is 0. The minimum absolute atomic E-state index is 1.30. The number of hydrogen-bond donors (Lipinski definition) is 0. The van der Waals surface area contributed by atoms with Crippen molar-refractivity contribution in [2.45, 2.75) is 0 Å². The van der Waals surface area contributed by atoms with Crippen molar-refractivity contribution in [2.75, 3.05) is 0 Å². The second kappa shape index (κ2) is 3.31. The summed E-state index contributed by atoms with van der Waals surface area (Å²) >= 11 is 0. The molecule has 0 unspecified atom stereocenters. The molecular weight excluding hydrogens is 242 g/mol. The molecule has 0 saturated heterocycles. The van der Waals surface area contributed by atoms with Gasteiger partial charge in [-0.2, -0.15) is 0 Å². The van der Waals surface area contributed by atoms with E-state index in [1.54, 1.807) is 0 Å². The van der Waals surface area contributed by atoms with Crippen LogP contribution in [-0.4, -0.2) is 4.57 Å². The molecule has 0 amide bonds. The van der Waals surface area contributed by atoms with Crippen LogP contribution in [0.2, 0.25) is 0 Å². The van der Waals surface area contributed by atoms with Crippen LogP contribution in [0.4, 0.5) is 0 Å². The Bertz CT molecular complexity index is 1080. The minimum Gasteiger partial charge on any atom is -0.343 e. The fourth-order valence-corrected chi connectivity index (χ4v) is 3.62. The summed E-state index contributed by atoms with van der Waals surface area (Å²) in [6.45, 7) is 0. The first kappa shape index (κ1) is 10.3. The average Bonchev–Trinajstić information content (AvgIpc) is 2.82. The van der Waals surface area contributed by atoms with Gasteiger partial charge in [0.25, 0.3) is 0 Å². The highest BCUT2D eigenvalue weighted by molar-refractivity contribution is 6.25. The third-order valence-corrected chi connectivity index (χ3v) is 4.55. The maximum atomic E-state index is 2.33. The maximum Gasteiger partial charge on any atom is 0.0574 e. The molecule has 2 bridgehead atoms. The van der Waals surface area contributed by atoms with Gasteiger partial charge in [0.15, 0.2) is 0 Å². The Morgan fingerprint density at radius 2 is 1.35 bits per heavy atom. The van der Waals surface area contributed by atoms with Crippen molar-refractivity contribution in [3.63, 3.8) is 0 Å². The third kappa shape index (κ3) is 1.05. The molecule has 0 fully saturated rings. The van der Waals surface area contributed by atoms with Gasteiger partial charge in [0, 0.05) is 28.7 Å². The Balaban J connectivity index is 2.22. The number of rotatable bonds is 0. The fraction of sp³-hybridized carbons (Fsp3) is 0.0526. The first-order valence-corrected chi connectivity index (χ1v) is 6.95. The molecule has 0 saturated carbocycles. The highest BCUT2D eigenvalue weighted by Crippen LogP contribution is 2.38. The van der Waals surface area contributed by atoms with Gasteiger partial charge in [-0.1, -0.05) is 54.6 Å². The van der Waals surface area contributed by atoms with Crippen LogP contribution in [0.25, 0.3) is 43.4 Å². The Hall–Kier alpha value is -2.54. The molecule has 94 valence electrons. The summed E-state index contributed by atoms with van der Waals surface area (Å²) in [6.07, 6.45) is 0. The van der Waals surface area contributed by atoms with E-state index in [2.05, 4.69) is 72.3 Å². The Morgan fingerprint density at radius 3 is 2.20 bits per heavy atom. The molecule has 5 aromatic carbocycles. The average molecular weight is 255 g/mol. The number of benzene rings is 5. The summed E-state index contributed by atoms with van der Waals surface area (Å²) in [5, 5.41) is 8.09. The van der Waals surface area contributed by atoms with E-state index in [-0.39, 0.29) is 0 Å². The molecule has 0 aliphatic carbocycles.